The lowest BCUT2D eigenvalue weighted by Crippen LogP contribution is -2.27. The molecule has 3 nitrogen and oxygen atoms in total. The molecule has 0 bridgehead atoms. The Hall–Kier alpha value is -1.24. The summed E-state index contributed by atoms with van der Waals surface area (Å²) in [5, 5.41) is 3.30. The van der Waals surface area contributed by atoms with Crippen molar-refractivity contribution in [1.82, 2.24) is 14.9 Å². The van der Waals surface area contributed by atoms with Gasteiger partial charge >= 0.3 is 6.18 Å². The van der Waals surface area contributed by atoms with Gasteiger partial charge in [-0.15, -0.1) is 24.8 Å². The third-order valence-corrected chi connectivity index (χ3v) is 4.10. The minimum absolute atomic E-state index is 0. The highest BCUT2D eigenvalue weighted by molar-refractivity contribution is 5.85. The topological polar surface area (TPSA) is 29.9 Å². The standard InChI is InChI=1S/C16H18F3N3.2ClH/c1-22-10-14(21-15(22)11-5-7-20-8-6-11)12-3-2-4-13(9-12)16(17,18)19;;/h2-4,9-11,20H,5-8H2,1H3;2*1H. The van der Waals surface area contributed by atoms with Crippen molar-refractivity contribution in [2.24, 2.45) is 7.05 Å². The van der Waals surface area contributed by atoms with E-state index in [1.54, 1.807) is 6.07 Å². The van der Waals surface area contributed by atoms with Crippen LogP contribution < -0.4 is 5.32 Å². The fraction of sp³-hybridized carbons (Fsp3) is 0.438. The molecule has 0 radical (unpaired) electrons. The molecule has 134 valence electrons. The zero-order valence-corrected chi connectivity index (χ0v) is 14.8. The van der Waals surface area contributed by atoms with Gasteiger partial charge in [0.15, 0.2) is 0 Å². The minimum Gasteiger partial charge on any atom is -0.337 e. The van der Waals surface area contributed by atoms with E-state index in [1.165, 1.54) is 6.07 Å². The molecule has 2 aromatic rings. The summed E-state index contributed by atoms with van der Waals surface area (Å²) in [6.45, 7) is 1.91. The fourth-order valence-corrected chi connectivity index (χ4v) is 2.93. The van der Waals surface area contributed by atoms with E-state index in [4.69, 9.17) is 0 Å². The molecule has 3 rings (SSSR count). The number of imidazole rings is 1. The Kier molecular flexibility index (Phi) is 7.13. The highest BCUT2D eigenvalue weighted by Crippen LogP contribution is 2.33. The van der Waals surface area contributed by atoms with Crippen LogP contribution in [0.3, 0.4) is 0 Å². The van der Waals surface area contributed by atoms with Gasteiger partial charge in [-0.3, -0.25) is 0 Å². The Bertz CT molecular complexity index is 665. The molecule has 0 aliphatic carbocycles. The molecule has 8 heteroatoms. The van der Waals surface area contributed by atoms with Gasteiger partial charge in [0, 0.05) is 24.7 Å². The number of benzene rings is 1. The number of hydrogen-bond acceptors (Lipinski definition) is 2. The number of aromatic nitrogens is 2. The molecular formula is C16H20Cl2F3N3. The molecular weight excluding hydrogens is 362 g/mol. The molecule has 0 spiro atoms. The highest BCUT2D eigenvalue weighted by atomic mass is 35.5. The second-order valence-corrected chi connectivity index (χ2v) is 5.70. The molecule has 1 aromatic carbocycles. The summed E-state index contributed by atoms with van der Waals surface area (Å²) < 4.78 is 40.4. The van der Waals surface area contributed by atoms with Gasteiger partial charge < -0.3 is 9.88 Å². The van der Waals surface area contributed by atoms with Crippen LogP contribution in [0.4, 0.5) is 13.2 Å². The Morgan fingerprint density at radius 3 is 2.46 bits per heavy atom. The van der Waals surface area contributed by atoms with Gasteiger partial charge in [0.05, 0.1) is 11.3 Å². The summed E-state index contributed by atoms with van der Waals surface area (Å²) in [6.07, 6.45) is -0.505. The number of aryl methyl sites for hydroxylation is 1. The summed E-state index contributed by atoms with van der Waals surface area (Å²) in [4.78, 5) is 4.59. The van der Waals surface area contributed by atoms with Crippen LogP contribution in [0.25, 0.3) is 11.3 Å². The molecule has 1 N–H and O–H groups in total. The molecule has 0 unspecified atom stereocenters. The van der Waals surface area contributed by atoms with Gasteiger partial charge in [-0.05, 0) is 38.1 Å². The van der Waals surface area contributed by atoms with Gasteiger partial charge in [0.25, 0.3) is 0 Å². The van der Waals surface area contributed by atoms with E-state index < -0.39 is 11.7 Å². The summed E-state index contributed by atoms with van der Waals surface area (Å²) in [7, 11) is 1.90. The average molecular weight is 382 g/mol. The van der Waals surface area contributed by atoms with E-state index in [9.17, 15) is 13.2 Å². The quantitative estimate of drug-likeness (QED) is 0.834. The molecule has 0 atom stereocenters. The molecule has 24 heavy (non-hydrogen) atoms. The monoisotopic (exact) mass is 381 g/mol. The molecule has 1 aliphatic heterocycles. The molecule has 1 saturated heterocycles. The van der Waals surface area contributed by atoms with Crippen molar-refractivity contribution in [3.63, 3.8) is 0 Å². The van der Waals surface area contributed by atoms with E-state index >= 15 is 0 Å². The SMILES string of the molecule is Cl.Cl.Cn1cc(-c2cccc(C(F)(F)F)c2)nc1C1CCNCC1. The number of nitrogens with one attached hydrogen (secondary N) is 1. The van der Waals surface area contributed by atoms with Crippen LogP contribution in [0.15, 0.2) is 30.5 Å². The van der Waals surface area contributed by atoms with Crippen LogP contribution in [0.1, 0.15) is 30.1 Å². The lowest BCUT2D eigenvalue weighted by molar-refractivity contribution is -0.137. The van der Waals surface area contributed by atoms with E-state index in [0.29, 0.717) is 17.2 Å². The number of alkyl halides is 3. The third kappa shape index (κ3) is 4.43. The van der Waals surface area contributed by atoms with Crippen LogP contribution in [0.5, 0.6) is 0 Å². The summed E-state index contributed by atoms with van der Waals surface area (Å²) in [5.41, 5.74) is 0.465. The van der Waals surface area contributed by atoms with Crippen LogP contribution in [-0.4, -0.2) is 22.6 Å². The summed E-state index contributed by atoms with van der Waals surface area (Å²) in [5.74, 6) is 1.32. The third-order valence-electron chi connectivity index (χ3n) is 4.10. The number of piperidine rings is 1. The van der Waals surface area contributed by atoms with Gasteiger partial charge in [0.2, 0.25) is 0 Å². The van der Waals surface area contributed by atoms with Crippen LogP contribution in [-0.2, 0) is 13.2 Å². The number of halogens is 5. The van der Waals surface area contributed by atoms with E-state index in [0.717, 1.165) is 43.9 Å². The Morgan fingerprint density at radius 1 is 1.17 bits per heavy atom. The molecule has 1 aromatic heterocycles. The molecule has 1 aliphatic rings. The molecule has 2 heterocycles. The van der Waals surface area contributed by atoms with Crippen molar-refractivity contribution in [1.29, 1.82) is 0 Å². The van der Waals surface area contributed by atoms with Gasteiger partial charge in [0.1, 0.15) is 5.82 Å². The predicted octanol–water partition coefficient (Wildman–Crippen LogP) is 4.42. The lowest BCUT2D eigenvalue weighted by atomic mass is 9.97. The molecule has 0 amide bonds. The average Bonchev–Trinajstić information content (AvgIpc) is 2.89. The first-order valence-corrected chi connectivity index (χ1v) is 7.37. The molecule has 1 fully saturated rings. The molecule has 0 saturated carbocycles. The maximum Gasteiger partial charge on any atom is 0.416 e. The normalized spacial score (nSPS) is 15.5. The van der Waals surface area contributed by atoms with E-state index in [-0.39, 0.29) is 24.8 Å². The van der Waals surface area contributed by atoms with Crippen molar-refractivity contribution < 1.29 is 13.2 Å². The van der Waals surface area contributed by atoms with E-state index in [2.05, 4.69) is 10.3 Å². The first-order chi connectivity index (χ1) is 10.4. The Morgan fingerprint density at radius 2 is 1.83 bits per heavy atom. The van der Waals surface area contributed by atoms with Gasteiger partial charge in [-0.25, -0.2) is 4.98 Å². The second kappa shape index (κ2) is 8.23. The van der Waals surface area contributed by atoms with Crippen LogP contribution >= 0.6 is 24.8 Å². The maximum absolute atomic E-state index is 12.8. The first-order valence-electron chi connectivity index (χ1n) is 7.37. The lowest BCUT2D eigenvalue weighted by Gasteiger charge is -2.21. The maximum atomic E-state index is 12.8. The van der Waals surface area contributed by atoms with Crippen LogP contribution in [0, 0.1) is 0 Å². The number of hydrogen-bond donors (Lipinski definition) is 1. The summed E-state index contributed by atoms with van der Waals surface area (Å²) >= 11 is 0. The van der Waals surface area contributed by atoms with E-state index in [1.807, 2.05) is 17.8 Å². The Labute approximate surface area is 151 Å². The van der Waals surface area contributed by atoms with Crippen molar-refractivity contribution in [2.45, 2.75) is 24.9 Å². The minimum atomic E-state index is -4.33. The highest BCUT2D eigenvalue weighted by Gasteiger charge is 2.30. The van der Waals surface area contributed by atoms with Gasteiger partial charge in [-0.1, -0.05) is 12.1 Å². The number of rotatable bonds is 2. The Balaban J connectivity index is 0.00000144. The second-order valence-electron chi connectivity index (χ2n) is 5.70. The summed E-state index contributed by atoms with van der Waals surface area (Å²) in [6, 6.07) is 5.34. The van der Waals surface area contributed by atoms with Crippen molar-refractivity contribution >= 4 is 24.8 Å². The van der Waals surface area contributed by atoms with Crippen molar-refractivity contribution in [2.75, 3.05) is 13.1 Å². The van der Waals surface area contributed by atoms with Crippen molar-refractivity contribution in [3.05, 3.63) is 41.9 Å². The smallest absolute Gasteiger partial charge is 0.337 e. The zero-order chi connectivity index (χ0) is 15.7. The zero-order valence-electron chi connectivity index (χ0n) is 13.1. The largest absolute Gasteiger partial charge is 0.416 e. The number of nitrogens with zero attached hydrogens (tertiary/aromatic N) is 2. The van der Waals surface area contributed by atoms with Crippen molar-refractivity contribution in [3.8, 4) is 11.3 Å². The first kappa shape index (κ1) is 20.8. The predicted molar refractivity (Wildman–Crippen MR) is 93.0 cm³/mol. The van der Waals surface area contributed by atoms with Crippen LogP contribution in [0.2, 0.25) is 0 Å². The van der Waals surface area contributed by atoms with Gasteiger partial charge in [-0.2, -0.15) is 13.2 Å². The fourth-order valence-electron chi connectivity index (χ4n) is 2.93.